The topological polar surface area (TPSA) is 74.2 Å². The van der Waals surface area contributed by atoms with E-state index in [0.29, 0.717) is 38.6 Å². The first kappa shape index (κ1) is 19.9. The third-order valence-electron chi connectivity index (χ3n) is 5.30. The molecular formula is C23H26N4O3. The van der Waals surface area contributed by atoms with Gasteiger partial charge < -0.3 is 14.5 Å². The number of hydrogen-bond acceptors (Lipinski definition) is 5. The van der Waals surface area contributed by atoms with Crippen LogP contribution in [0.4, 0.5) is 5.69 Å². The van der Waals surface area contributed by atoms with Gasteiger partial charge in [0.25, 0.3) is 0 Å². The highest BCUT2D eigenvalue weighted by Gasteiger charge is 2.30. The van der Waals surface area contributed by atoms with E-state index in [2.05, 4.69) is 10.3 Å². The lowest BCUT2D eigenvalue weighted by Gasteiger charge is -2.24. The van der Waals surface area contributed by atoms with E-state index >= 15 is 0 Å². The minimum Gasteiger partial charge on any atom is -0.493 e. The normalized spacial score (nSPS) is 14.5. The van der Waals surface area contributed by atoms with E-state index in [0.717, 1.165) is 35.4 Å². The third-order valence-corrected chi connectivity index (χ3v) is 5.30. The molecule has 0 atom stereocenters. The smallest absolute Gasteiger partial charge is 0.246 e. The summed E-state index contributed by atoms with van der Waals surface area (Å²) >= 11 is 0. The Morgan fingerprint density at radius 2 is 1.97 bits per heavy atom. The van der Waals surface area contributed by atoms with E-state index in [9.17, 15) is 9.59 Å². The average Bonchev–Trinajstić information content (AvgIpc) is 3.11. The number of hydrogen-bond donors (Lipinski definition) is 1. The Balaban J connectivity index is 1.23. The quantitative estimate of drug-likeness (QED) is 0.684. The number of nitrogens with zero attached hydrogens (tertiary/aromatic N) is 3. The van der Waals surface area contributed by atoms with Crippen molar-refractivity contribution in [2.45, 2.75) is 32.4 Å². The number of guanidine groups is 1. The summed E-state index contributed by atoms with van der Waals surface area (Å²) in [5.74, 6) is 1.51. The maximum Gasteiger partial charge on any atom is 0.246 e. The number of carbonyl (C=O) groups excluding carboxylic acids is 2. The molecule has 7 nitrogen and oxygen atoms in total. The predicted octanol–water partition coefficient (Wildman–Crippen LogP) is 2.83. The fraction of sp³-hybridized carbons (Fsp3) is 0.348. The molecule has 2 heterocycles. The largest absolute Gasteiger partial charge is 0.493 e. The monoisotopic (exact) mass is 406 g/mol. The van der Waals surface area contributed by atoms with Gasteiger partial charge in [-0.15, -0.1) is 0 Å². The Labute approximate surface area is 176 Å². The molecule has 7 heteroatoms. The van der Waals surface area contributed by atoms with E-state index < -0.39 is 0 Å². The van der Waals surface area contributed by atoms with Crippen LogP contribution in [0.2, 0.25) is 0 Å². The molecule has 1 N–H and O–H groups in total. The zero-order valence-corrected chi connectivity index (χ0v) is 17.1. The van der Waals surface area contributed by atoms with Crippen LogP contribution in [0.15, 0.2) is 53.5 Å². The van der Waals surface area contributed by atoms with Gasteiger partial charge in [0.2, 0.25) is 17.8 Å². The van der Waals surface area contributed by atoms with Crippen LogP contribution in [-0.4, -0.2) is 47.8 Å². The van der Waals surface area contributed by atoms with E-state index in [1.807, 2.05) is 60.5 Å². The minimum absolute atomic E-state index is 0.0362. The molecule has 1 saturated heterocycles. The summed E-state index contributed by atoms with van der Waals surface area (Å²) in [6.45, 7) is 2.10. The van der Waals surface area contributed by atoms with E-state index in [1.54, 1.807) is 4.90 Å². The van der Waals surface area contributed by atoms with Crippen molar-refractivity contribution in [2.24, 2.45) is 4.99 Å². The summed E-state index contributed by atoms with van der Waals surface area (Å²) in [7, 11) is 1.84. The summed E-state index contributed by atoms with van der Waals surface area (Å²) in [6.07, 6.45) is 2.08. The van der Waals surface area contributed by atoms with Gasteiger partial charge in [-0.2, -0.15) is 0 Å². The lowest BCUT2D eigenvalue weighted by molar-refractivity contribution is -0.130. The minimum atomic E-state index is -0.0362. The summed E-state index contributed by atoms with van der Waals surface area (Å²) in [6, 6.07) is 15.8. The predicted molar refractivity (Wildman–Crippen MR) is 114 cm³/mol. The number of aliphatic imine (C=N–C) groups is 1. The van der Waals surface area contributed by atoms with E-state index in [4.69, 9.17) is 4.74 Å². The SMILES string of the molecule is CN(Cc1ccccc1)C(=O)CCCCOc1cccc2c1CN1CC(=O)NC1=N2. The summed E-state index contributed by atoms with van der Waals surface area (Å²) in [5.41, 5.74) is 2.96. The fourth-order valence-electron chi connectivity index (χ4n) is 3.68. The molecule has 2 amide bonds. The van der Waals surface area contributed by atoms with Gasteiger partial charge in [-0.3, -0.25) is 14.9 Å². The van der Waals surface area contributed by atoms with Gasteiger partial charge in [-0.05, 0) is 30.5 Å². The molecule has 2 aromatic carbocycles. The number of fused-ring (bicyclic) bond motifs is 2. The van der Waals surface area contributed by atoms with Gasteiger partial charge >= 0.3 is 0 Å². The first-order chi connectivity index (χ1) is 14.6. The highest BCUT2D eigenvalue weighted by molar-refractivity contribution is 6.05. The lowest BCUT2D eigenvalue weighted by Crippen LogP contribution is -2.32. The third kappa shape index (κ3) is 4.62. The number of amides is 2. The molecule has 0 bridgehead atoms. The van der Waals surface area contributed by atoms with Crippen molar-refractivity contribution in [2.75, 3.05) is 20.2 Å². The van der Waals surface area contributed by atoms with Crippen LogP contribution >= 0.6 is 0 Å². The molecule has 30 heavy (non-hydrogen) atoms. The molecule has 4 rings (SSSR count). The van der Waals surface area contributed by atoms with E-state index in [1.165, 1.54) is 0 Å². The number of nitrogens with one attached hydrogen (secondary N) is 1. The Kier molecular flexibility index (Phi) is 5.97. The maximum absolute atomic E-state index is 12.3. The first-order valence-corrected chi connectivity index (χ1v) is 10.3. The van der Waals surface area contributed by atoms with Crippen molar-refractivity contribution in [1.29, 1.82) is 0 Å². The molecule has 0 spiro atoms. The lowest BCUT2D eigenvalue weighted by atomic mass is 10.1. The Hall–Kier alpha value is -3.35. The molecule has 0 aromatic heterocycles. The van der Waals surface area contributed by atoms with Crippen molar-refractivity contribution in [1.82, 2.24) is 15.1 Å². The summed E-state index contributed by atoms with van der Waals surface area (Å²) < 4.78 is 5.99. The number of carbonyl (C=O) groups is 2. The molecule has 2 aromatic rings. The molecular weight excluding hydrogens is 380 g/mol. The molecule has 2 aliphatic rings. The van der Waals surface area contributed by atoms with Gasteiger partial charge in [-0.1, -0.05) is 36.4 Å². The first-order valence-electron chi connectivity index (χ1n) is 10.3. The van der Waals surface area contributed by atoms with Gasteiger partial charge in [0, 0.05) is 25.6 Å². The molecule has 156 valence electrons. The van der Waals surface area contributed by atoms with Crippen molar-refractivity contribution in [3.05, 3.63) is 59.7 Å². The van der Waals surface area contributed by atoms with Crippen LogP contribution in [0.5, 0.6) is 5.75 Å². The van der Waals surface area contributed by atoms with E-state index in [-0.39, 0.29) is 11.8 Å². The zero-order chi connectivity index (χ0) is 20.9. The van der Waals surface area contributed by atoms with Crippen LogP contribution in [0.1, 0.15) is 30.4 Å². The summed E-state index contributed by atoms with van der Waals surface area (Å²) in [5, 5.41) is 2.77. The number of ether oxygens (including phenoxy) is 1. The second kappa shape index (κ2) is 8.98. The molecule has 0 aliphatic carbocycles. The van der Waals surface area contributed by atoms with Crippen LogP contribution < -0.4 is 10.1 Å². The molecule has 0 radical (unpaired) electrons. The number of unbranched alkanes of at least 4 members (excludes halogenated alkanes) is 1. The van der Waals surface area contributed by atoms with Crippen LogP contribution in [0, 0.1) is 0 Å². The van der Waals surface area contributed by atoms with Gasteiger partial charge in [-0.25, -0.2) is 4.99 Å². The second-order valence-corrected chi connectivity index (χ2v) is 7.63. The highest BCUT2D eigenvalue weighted by atomic mass is 16.5. The zero-order valence-electron chi connectivity index (χ0n) is 17.1. The molecule has 2 aliphatic heterocycles. The van der Waals surface area contributed by atoms with Crippen molar-refractivity contribution in [3.8, 4) is 5.75 Å². The Morgan fingerprint density at radius 1 is 1.13 bits per heavy atom. The standard InChI is InChI=1S/C23H26N4O3/c1-26(14-17-8-3-2-4-9-17)22(29)12-5-6-13-30-20-11-7-10-19-18(20)15-27-16-21(28)25-23(27)24-19/h2-4,7-11H,5-6,12-16H2,1H3,(H,24,25,28). The van der Waals surface area contributed by atoms with Crippen LogP contribution in [-0.2, 0) is 22.7 Å². The molecule has 0 unspecified atom stereocenters. The fourth-order valence-corrected chi connectivity index (χ4v) is 3.68. The number of rotatable bonds is 8. The van der Waals surface area contributed by atoms with Crippen LogP contribution in [0.25, 0.3) is 0 Å². The maximum atomic E-state index is 12.3. The van der Waals surface area contributed by atoms with Crippen LogP contribution in [0.3, 0.4) is 0 Å². The Morgan fingerprint density at radius 3 is 2.80 bits per heavy atom. The summed E-state index contributed by atoms with van der Waals surface area (Å²) in [4.78, 5) is 32.1. The van der Waals surface area contributed by atoms with Crippen molar-refractivity contribution in [3.63, 3.8) is 0 Å². The van der Waals surface area contributed by atoms with Crippen molar-refractivity contribution < 1.29 is 14.3 Å². The molecule has 1 fully saturated rings. The molecule has 0 saturated carbocycles. The van der Waals surface area contributed by atoms with Crippen molar-refractivity contribution >= 4 is 23.5 Å². The average molecular weight is 406 g/mol. The second-order valence-electron chi connectivity index (χ2n) is 7.63. The van der Waals surface area contributed by atoms with Gasteiger partial charge in [0.15, 0.2) is 0 Å². The van der Waals surface area contributed by atoms with Gasteiger partial charge in [0.1, 0.15) is 12.3 Å². The number of benzene rings is 2. The Bertz CT molecular complexity index is 958. The highest BCUT2D eigenvalue weighted by Crippen LogP contribution is 2.34. The van der Waals surface area contributed by atoms with Gasteiger partial charge in [0.05, 0.1) is 18.8 Å².